The van der Waals surface area contributed by atoms with E-state index in [4.69, 9.17) is 16.3 Å². The van der Waals surface area contributed by atoms with Gasteiger partial charge in [-0.15, -0.1) is 12.4 Å². The molecule has 0 aromatic heterocycles. The van der Waals surface area contributed by atoms with E-state index in [2.05, 4.69) is 11.4 Å². The molecule has 2 aromatic carbocycles. The summed E-state index contributed by atoms with van der Waals surface area (Å²) in [6, 6.07) is 14.0. The zero-order chi connectivity index (χ0) is 13.8. The second kappa shape index (κ2) is 7.69. The number of hydrogen-bond acceptors (Lipinski definition) is 2. The van der Waals surface area contributed by atoms with Gasteiger partial charge in [0, 0.05) is 10.6 Å². The average molecular weight is 324 g/mol. The van der Waals surface area contributed by atoms with Gasteiger partial charge in [-0.05, 0) is 55.3 Å². The van der Waals surface area contributed by atoms with Crippen molar-refractivity contribution < 1.29 is 4.74 Å². The van der Waals surface area contributed by atoms with Crippen LogP contribution in [0.2, 0.25) is 5.02 Å². The predicted molar refractivity (Wildman–Crippen MR) is 89.8 cm³/mol. The SMILES string of the molecule is Cl.Clc1ccc2c(c1COc1ccccc1)CCNCC2. The van der Waals surface area contributed by atoms with Crippen molar-refractivity contribution in [2.75, 3.05) is 13.1 Å². The summed E-state index contributed by atoms with van der Waals surface area (Å²) in [5, 5.41) is 4.24. The Morgan fingerprint density at radius 2 is 1.76 bits per heavy atom. The van der Waals surface area contributed by atoms with Gasteiger partial charge in [0.2, 0.25) is 0 Å². The van der Waals surface area contributed by atoms with Gasteiger partial charge in [-0.2, -0.15) is 0 Å². The van der Waals surface area contributed by atoms with Crippen LogP contribution >= 0.6 is 24.0 Å². The van der Waals surface area contributed by atoms with Gasteiger partial charge in [-0.1, -0.05) is 35.9 Å². The third-order valence-electron chi connectivity index (χ3n) is 3.72. The Kier molecular flexibility index (Phi) is 5.92. The minimum absolute atomic E-state index is 0. The van der Waals surface area contributed by atoms with E-state index in [-0.39, 0.29) is 12.4 Å². The number of hydrogen-bond donors (Lipinski definition) is 1. The van der Waals surface area contributed by atoms with Gasteiger partial charge in [0.15, 0.2) is 0 Å². The Balaban J connectivity index is 0.00000161. The van der Waals surface area contributed by atoms with Gasteiger partial charge in [0.25, 0.3) is 0 Å². The number of rotatable bonds is 3. The van der Waals surface area contributed by atoms with Crippen molar-refractivity contribution >= 4 is 24.0 Å². The summed E-state index contributed by atoms with van der Waals surface area (Å²) in [4.78, 5) is 0. The standard InChI is InChI=1S/C17H18ClNO.ClH/c18-17-7-6-13-8-10-19-11-9-15(13)16(17)12-20-14-4-2-1-3-5-14;/h1-7,19H,8-12H2;1H. The summed E-state index contributed by atoms with van der Waals surface area (Å²) >= 11 is 6.38. The third kappa shape index (κ3) is 3.91. The quantitative estimate of drug-likeness (QED) is 0.920. The largest absolute Gasteiger partial charge is 0.489 e. The molecule has 21 heavy (non-hydrogen) atoms. The van der Waals surface area contributed by atoms with Crippen LogP contribution in [0, 0.1) is 0 Å². The molecule has 0 saturated heterocycles. The molecule has 0 atom stereocenters. The Labute approximate surface area is 136 Å². The van der Waals surface area contributed by atoms with Crippen LogP contribution in [0.3, 0.4) is 0 Å². The molecule has 1 aliphatic heterocycles. The van der Waals surface area contributed by atoms with Gasteiger partial charge < -0.3 is 10.1 Å². The maximum Gasteiger partial charge on any atom is 0.119 e. The van der Waals surface area contributed by atoms with Crippen LogP contribution in [0.25, 0.3) is 0 Å². The summed E-state index contributed by atoms with van der Waals surface area (Å²) < 4.78 is 5.87. The molecule has 4 heteroatoms. The topological polar surface area (TPSA) is 21.3 Å². The smallest absolute Gasteiger partial charge is 0.119 e. The molecule has 0 spiro atoms. The molecule has 0 radical (unpaired) electrons. The van der Waals surface area contributed by atoms with Crippen molar-refractivity contribution in [2.45, 2.75) is 19.4 Å². The predicted octanol–water partition coefficient (Wildman–Crippen LogP) is 4.03. The Morgan fingerprint density at radius 1 is 1.00 bits per heavy atom. The van der Waals surface area contributed by atoms with Crippen molar-refractivity contribution in [3.05, 3.63) is 64.2 Å². The Bertz CT molecular complexity index is 587. The van der Waals surface area contributed by atoms with Gasteiger partial charge in [-0.3, -0.25) is 0 Å². The third-order valence-corrected chi connectivity index (χ3v) is 4.07. The summed E-state index contributed by atoms with van der Waals surface area (Å²) in [7, 11) is 0. The molecular formula is C17H19Cl2NO. The molecule has 0 unspecified atom stereocenters. The fraction of sp³-hybridized carbons (Fsp3) is 0.294. The van der Waals surface area contributed by atoms with Gasteiger partial charge in [0.05, 0.1) is 0 Å². The highest BCUT2D eigenvalue weighted by Gasteiger charge is 2.15. The number of fused-ring (bicyclic) bond motifs is 1. The van der Waals surface area contributed by atoms with E-state index in [0.717, 1.165) is 42.3 Å². The van der Waals surface area contributed by atoms with E-state index < -0.39 is 0 Å². The summed E-state index contributed by atoms with van der Waals surface area (Å²) in [6.07, 6.45) is 2.08. The maximum absolute atomic E-state index is 6.38. The first kappa shape index (κ1) is 16.2. The monoisotopic (exact) mass is 323 g/mol. The lowest BCUT2D eigenvalue weighted by Crippen LogP contribution is -2.16. The Hall–Kier alpha value is -1.22. The molecule has 1 N–H and O–H groups in total. The van der Waals surface area contributed by atoms with E-state index in [9.17, 15) is 0 Å². The fourth-order valence-electron chi connectivity index (χ4n) is 2.65. The molecular weight excluding hydrogens is 305 g/mol. The molecule has 3 rings (SSSR count). The number of halogens is 2. The number of nitrogens with one attached hydrogen (secondary N) is 1. The number of para-hydroxylation sites is 1. The minimum Gasteiger partial charge on any atom is -0.489 e. The van der Waals surface area contributed by atoms with Crippen LogP contribution in [-0.4, -0.2) is 13.1 Å². The molecule has 2 aromatic rings. The average Bonchev–Trinajstić information content (AvgIpc) is 2.73. The molecule has 1 heterocycles. The highest BCUT2D eigenvalue weighted by atomic mass is 35.5. The molecule has 1 aliphatic rings. The van der Waals surface area contributed by atoms with Crippen molar-refractivity contribution in [1.29, 1.82) is 0 Å². The fourth-order valence-corrected chi connectivity index (χ4v) is 2.88. The van der Waals surface area contributed by atoms with Crippen LogP contribution in [0.5, 0.6) is 5.75 Å². The van der Waals surface area contributed by atoms with E-state index in [1.807, 2.05) is 36.4 Å². The molecule has 2 nitrogen and oxygen atoms in total. The van der Waals surface area contributed by atoms with E-state index in [1.54, 1.807) is 0 Å². The number of ether oxygens (including phenoxy) is 1. The maximum atomic E-state index is 6.38. The summed E-state index contributed by atoms with van der Waals surface area (Å²) in [5.74, 6) is 0.882. The first-order chi connectivity index (χ1) is 9.84. The van der Waals surface area contributed by atoms with Crippen LogP contribution in [0.4, 0.5) is 0 Å². The second-order valence-electron chi connectivity index (χ2n) is 5.02. The molecule has 0 fully saturated rings. The van der Waals surface area contributed by atoms with Crippen molar-refractivity contribution in [3.8, 4) is 5.75 Å². The zero-order valence-corrected chi connectivity index (χ0v) is 13.3. The van der Waals surface area contributed by atoms with Crippen molar-refractivity contribution in [3.63, 3.8) is 0 Å². The van der Waals surface area contributed by atoms with Crippen LogP contribution in [0.15, 0.2) is 42.5 Å². The van der Waals surface area contributed by atoms with Gasteiger partial charge in [0.1, 0.15) is 12.4 Å². The minimum atomic E-state index is 0. The van der Waals surface area contributed by atoms with Gasteiger partial charge >= 0.3 is 0 Å². The Morgan fingerprint density at radius 3 is 2.57 bits per heavy atom. The molecule has 0 saturated carbocycles. The lowest BCUT2D eigenvalue weighted by atomic mass is 9.97. The lowest BCUT2D eigenvalue weighted by molar-refractivity contribution is 0.305. The second-order valence-corrected chi connectivity index (χ2v) is 5.42. The van der Waals surface area contributed by atoms with Crippen molar-refractivity contribution in [1.82, 2.24) is 5.32 Å². The first-order valence-corrected chi connectivity index (χ1v) is 7.40. The summed E-state index contributed by atoms with van der Waals surface area (Å²) in [5.41, 5.74) is 3.89. The molecule has 112 valence electrons. The molecule has 0 bridgehead atoms. The lowest BCUT2D eigenvalue weighted by Gasteiger charge is -2.15. The van der Waals surface area contributed by atoms with Crippen LogP contribution in [0.1, 0.15) is 16.7 Å². The van der Waals surface area contributed by atoms with Crippen LogP contribution < -0.4 is 10.1 Å². The zero-order valence-electron chi connectivity index (χ0n) is 11.8. The first-order valence-electron chi connectivity index (χ1n) is 7.02. The molecule has 0 aliphatic carbocycles. The molecule has 0 amide bonds. The highest BCUT2D eigenvalue weighted by molar-refractivity contribution is 6.31. The van der Waals surface area contributed by atoms with Gasteiger partial charge in [-0.25, -0.2) is 0 Å². The van der Waals surface area contributed by atoms with E-state index in [0.29, 0.717) is 6.61 Å². The van der Waals surface area contributed by atoms with Crippen molar-refractivity contribution in [2.24, 2.45) is 0 Å². The number of benzene rings is 2. The highest BCUT2D eigenvalue weighted by Crippen LogP contribution is 2.27. The van der Waals surface area contributed by atoms with Crippen LogP contribution in [-0.2, 0) is 19.4 Å². The summed E-state index contributed by atoms with van der Waals surface area (Å²) in [6.45, 7) is 2.57. The normalized spacial score (nSPS) is 13.8. The van der Waals surface area contributed by atoms with E-state index in [1.165, 1.54) is 11.1 Å². The van der Waals surface area contributed by atoms with E-state index >= 15 is 0 Å².